The van der Waals surface area contributed by atoms with E-state index in [1.807, 2.05) is 11.8 Å². The molecule has 1 amide bonds. The summed E-state index contributed by atoms with van der Waals surface area (Å²) in [5.41, 5.74) is 0. The van der Waals surface area contributed by atoms with E-state index in [4.69, 9.17) is 0 Å². The zero-order valence-corrected chi connectivity index (χ0v) is 11.2. The van der Waals surface area contributed by atoms with Crippen LogP contribution in [0.25, 0.3) is 0 Å². The largest absolute Gasteiger partial charge is 0.354 e. The molecule has 2 nitrogen and oxygen atoms in total. The summed E-state index contributed by atoms with van der Waals surface area (Å²) in [4.78, 5) is 11.4. The highest BCUT2D eigenvalue weighted by molar-refractivity contribution is 7.99. The Morgan fingerprint density at radius 1 is 1.33 bits per heavy atom. The Morgan fingerprint density at radius 2 is 2.07 bits per heavy atom. The number of nitrogens with one attached hydrogen (secondary N) is 1. The summed E-state index contributed by atoms with van der Waals surface area (Å²) in [6.07, 6.45) is 5.51. The van der Waals surface area contributed by atoms with Crippen LogP contribution in [-0.4, -0.2) is 23.5 Å². The van der Waals surface area contributed by atoms with Crippen LogP contribution >= 0.6 is 11.8 Å². The van der Waals surface area contributed by atoms with Crippen molar-refractivity contribution in [3.8, 4) is 0 Å². The molecule has 0 aliphatic carbocycles. The lowest BCUT2D eigenvalue weighted by atomic mass is 10.1. The molecule has 0 aromatic rings. The Morgan fingerprint density at radius 3 is 2.67 bits per heavy atom. The molecule has 0 aromatic heterocycles. The minimum Gasteiger partial charge on any atom is -0.354 e. The summed E-state index contributed by atoms with van der Waals surface area (Å²) < 4.78 is 0. The molecule has 0 rings (SSSR count). The third-order valence-corrected chi connectivity index (χ3v) is 3.23. The van der Waals surface area contributed by atoms with Crippen molar-refractivity contribution in [2.45, 2.75) is 58.9 Å². The first-order valence-corrected chi connectivity index (χ1v) is 7.23. The first-order valence-electron chi connectivity index (χ1n) is 6.07. The molecule has 0 aromatic carbocycles. The summed E-state index contributed by atoms with van der Waals surface area (Å²) in [5, 5.41) is 3.05. The van der Waals surface area contributed by atoms with E-state index in [-0.39, 0.29) is 5.91 Å². The number of carbonyl (C=O) groups excluding carboxylic acids is 1. The highest BCUT2D eigenvalue weighted by Gasteiger charge is 2.06. The highest BCUT2D eigenvalue weighted by atomic mass is 32.2. The van der Waals surface area contributed by atoms with Crippen LogP contribution in [0.2, 0.25) is 0 Å². The van der Waals surface area contributed by atoms with Crippen LogP contribution in [0.3, 0.4) is 0 Å². The Labute approximate surface area is 98.6 Å². The zero-order valence-electron chi connectivity index (χ0n) is 10.3. The van der Waals surface area contributed by atoms with Gasteiger partial charge in [0, 0.05) is 18.2 Å². The molecule has 0 aliphatic rings. The van der Waals surface area contributed by atoms with Gasteiger partial charge in [0.1, 0.15) is 0 Å². The molecular weight excluding hydrogens is 206 g/mol. The third-order valence-electron chi connectivity index (χ3n) is 2.33. The van der Waals surface area contributed by atoms with Gasteiger partial charge < -0.3 is 5.32 Å². The number of carbonyl (C=O) groups is 1. The molecule has 0 saturated carbocycles. The van der Waals surface area contributed by atoms with Crippen molar-refractivity contribution in [1.29, 1.82) is 0 Å². The lowest BCUT2D eigenvalue weighted by molar-refractivity contribution is -0.121. The van der Waals surface area contributed by atoms with E-state index in [9.17, 15) is 4.79 Å². The molecule has 0 radical (unpaired) electrons. The summed E-state index contributed by atoms with van der Waals surface area (Å²) in [6.45, 7) is 6.42. The predicted octanol–water partition coefficient (Wildman–Crippen LogP) is 3.21. The van der Waals surface area contributed by atoms with Gasteiger partial charge in [-0.1, -0.05) is 33.1 Å². The second-order valence-electron chi connectivity index (χ2n) is 3.91. The molecule has 0 aliphatic heterocycles. The first kappa shape index (κ1) is 14.8. The first-order chi connectivity index (χ1) is 7.20. The van der Waals surface area contributed by atoms with E-state index in [1.165, 1.54) is 19.3 Å². The van der Waals surface area contributed by atoms with E-state index < -0.39 is 0 Å². The van der Waals surface area contributed by atoms with E-state index in [0.29, 0.717) is 12.5 Å². The number of hydrogen-bond acceptors (Lipinski definition) is 2. The van der Waals surface area contributed by atoms with Crippen molar-refractivity contribution < 1.29 is 4.79 Å². The second-order valence-corrected chi connectivity index (χ2v) is 5.31. The SMILES string of the molecule is CCCCCC(C)NC(=O)CCSCC. The third kappa shape index (κ3) is 10.1. The molecule has 0 saturated heterocycles. The fourth-order valence-electron chi connectivity index (χ4n) is 1.43. The summed E-state index contributed by atoms with van der Waals surface area (Å²) in [7, 11) is 0. The van der Waals surface area contributed by atoms with Crippen LogP contribution in [0.5, 0.6) is 0 Å². The van der Waals surface area contributed by atoms with Gasteiger partial charge in [0.05, 0.1) is 0 Å². The molecule has 1 unspecified atom stereocenters. The average Bonchev–Trinajstić information content (AvgIpc) is 2.18. The van der Waals surface area contributed by atoms with Crippen LogP contribution in [0, 0.1) is 0 Å². The van der Waals surface area contributed by atoms with Gasteiger partial charge in [-0.05, 0) is 19.1 Å². The van der Waals surface area contributed by atoms with E-state index in [1.54, 1.807) is 0 Å². The predicted molar refractivity (Wildman–Crippen MR) is 69.4 cm³/mol. The van der Waals surface area contributed by atoms with Crippen molar-refractivity contribution >= 4 is 17.7 Å². The van der Waals surface area contributed by atoms with Gasteiger partial charge in [0.15, 0.2) is 0 Å². The Bertz CT molecular complexity index is 162. The van der Waals surface area contributed by atoms with Crippen LogP contribution in [0.4, 0.5) is 0 Å². The smallest absolute Gasteiger partial charge is 0.221 e. The zero-order chi connectivity index (χ0) is 11.5. The van der Waals surface area contributed by atoms with Gasteiger partial charge in [-0.25, -0.2) is 0 Å². The van der Waals surface area contributed by atoms with Gasteiger partial charge in [-0.15, -0.1) is 0 Å². The van der Waals surface area contributed by atoms with Crippen molar-refractivity contribution in [1.82, 2.24) is 5.32 Å². The maximum Gasteiger partial charge on any atom is 0.221 e. The fraction of sp³-hybridized carbons (Fsp3) is 0.917. The molecule has 0 fully saturated rings. The molecule has 90 valence electrons. The van der Waals surface area contributed by atoms with Gasteiger partial charge in [0.25, 0.3) is 0 Å². The standard InChI is InChI=1S/C12H25NOS/c1-4-6-7-8-11(3)13-12(14)9-10-15-5-2/h11H,4-10H2,1-3H3,(H,13,14). The lowest BCUT2D eigenvalue weighted by Crippen LogP contribution is -2.32. The fourth-order valence-corrected chi connectivity index (χ4v) is 2.05. The van der Waals surface area contributed by atoms with Gasteiger partial charge >= 0.3 is 0 Å². The molecule has 0 spiro atoms. The van der Waals surface area contributed by atoms with E-state index in [2.05, 4.69) is 26.1 Å². The van der Waals surface area contributed by atoms with Gasteiger partial charge in [-0.3, -0.25) is 4.79 Å². The number of unbranched alkanes of at least 4 members (excludes halogenated alkanes) is 2. The van der Waals surface area contributed by atoms with Crippen LogP contribution < -0.4 is 5.32 Å². The van der Waals surface area contributed by atoms with Crippen LogP contribution in [-0.2, 0) is 4.79 Å². The normalized spacial score (nSPS) is 12.5. The molecule has 0 heterocycles. The number of amides is 1. The van der Waals surface area contributed by atoms with Crippen molar-refractivity contribution in [3.63, 3.8) is 0 Å². The van der Waals surface area contributed by atoms with Crippen molar-refractivity contribution in [2.75, 3.05) is 11.5 Å². The molecule has 1 atom stereocenters. The maximum atomic E-state index is 11.4. The Kier molecular flexibility index (Phi) is 10.2. The van der Waals surface area contributed by atoms with Gasteiger partial charge in [-0.2, -0.15) is 11.8 Å². The molecular formula is C12H25NOS. The minimum absolute atomic E-state index is 0.208. The Balaban J connectivity index is 3.40. The lowest BCUT2D eigenvalue weighted by Gasteiger charge is -2.13. The maximum absolute atomic E-state index is 11.4. The van der Waals surface area contributed by atoms with Crippen LogP contribution in [0.15, 0.2) is 0 Å². The summed E-state index contributed by atoms with van der Waals surface area (Å²) in [6, 6.07) is 0.343. The van der Waals surface area contributed by atoms with Gasteiger partial charge in [0.2, 0.25) is 5.91 Å². The number of rotatable bonds is 9. The molecule has 0 bridgehead atoms. The topological polar surface area (TPSA) is 29.1 Å². The summed E-state index contributed by atoms with van der Waals surface area (Å²) >= 11 is 1.82. The monoisotopic (exact) mass is 231 g/mol. The quantitative estimate of drug-likeness (QED) is 0.617. The molecule has 1 N–H and O–H groups in total. The minimum atomic E-state index is 0.208. The molecule has 3 heteroatoms. The second kappa shape index (κ2) is 10.3. The van der Waals surface area contributed by atoms with E-state index >= 15 is 0 Å². The number of hydrogen-bond donors (Lipinski definition) is 1. The van der Waals surface area contributed by atoms with Crippen molar-refractivity contribution in [3.05, 3.63) is 0 Å². The summed E-state index contributed by atoms with van der Waals surface area (Å²) in [5.74, 6) is 2.25. The Hall–Kier alpha value is -0.180. The average molecular weight is 231 g/mol. The van der Waals surface area contributed by atoms with E-state index in [0.717, 1.165) is 17.9 Å². The number of thioether (sulfide) groups is 1. The highest BCUT2D eigenvalue weighted by Crippen LogP contribution is 2.04. The van der Waals surface area contributed by atoms with Crippen LogP contribution in [0.1, 0.15) is 52.9 Å². The molecule has 15 heavy (non-hydrogen) atoms. The van der Waals surface area contributed by atoms with Crippen molar-refractivity contribution in [2.24, 2.45) is 0 Å².